The van der Waals surface area contributed by atoms with Crippen molar-refractivity contribution in [2.45, 2.75) is 26.3 Å². The van der Waals surface area contributed by atoms with E-state index >= 15 is 0 Å². The first-order valence-electron chi connectivity index (χ1n) is 5.89. The summed E-state index contributed by atoms with van der Waals surface area (Å²) in [5, 5.41) is 11.9. The summed E-state index contributed by atoms with van der Waals surface area (Å²) in [6, 6.07) is 3.39. The average Bonchev–Trinajstić information content (AvgIpc) is 2.31. The Bertz CT molecular complexity index is 409. The molecule has 4 nitrogen and oxygen atoms in total. The Hall–Kier alpha value is -1.62. The number of rotatable bonds is 7. The quantitative estimate of drug-likeness (QED) is 0.782. The zero-order valence-corrected chi connectivity index (χ0v) is 10.6. The molecule has 0 aromatic heterocycles. The Kier molecular flexibility index (Phi) is 5.58. The van der Waals surface area contributed by atoms with Crippen molar-refractivity contribution in [3.63, 3.8) is 0 Å². The lowest BCUT2D eigenvalue weighted by atomic mass is 10.2. The van der Waals surface area contributed by atoms with Crippen molar-refractivity contribution in [3.05, 3.63) is 29.6 Å². The van der Waals surface area contributed by atoms with Crippen LogP contribution in [0.3, 0.4) is 0 Å². The number of nitrogens with one attached hydrogen (secondary N) is 1. The molecule has 0 saturated heterocycles. The van der Waals surface area contributed by atoms with Gasteiger partial charge in [0.05, 0.1) is 0 Å². The van der Waals surface area contributed by atoms with Crippen molar-refractivity contribution >= 4 is 5.97 Å². The second-order valence-corrected chi connectivity index (χ2v) is 4.07. The van der Waals surface area contributed by atoms with E-state index in [9.17, 15) is 9.18 Å². The van der Waals surface area contributed by atoms with Gasteiger partial charge in [0, 0.05) is 0 Å². The maximum absolute atomic E-state index is 12.9. The Morgan fingerprint density at radius 1 is 1.56 bits per heavy atom. The van der Waals surface area contributed by atoms with E-state index in [4.69, 9.17) is 9.84 Å². The molecule has 0 aliphatic carbocycles. The normalized spacial score (nSPS) is 12.2. The van der Waals surface area contributed by atoms with Gasteiger partial charge >= 0.3 is 5.97 Å². The van der Waals surface area contributed by atoms with Crippen molar-refractivity contribution in [1.82, 2.24) is 5.32 Å². The fourth-order valence-corrected chi connectivity index (χ4v) is 1.48. The number of ether oxygens (including phenoxy) is 1. The van der Waals surface area contributed by atoms with Crippen LogP contribution >= 0.6 is 0 Å². The van der Waals surface area contributed by atoms with Crippen LogP contribution < -0.4 is 10.1 Å². The predicted octanol–water partition coefficient (Wildman–Crippen LogP) is 1.97. The van der Waals surface area contributed by atoms with Crippen LogP contribution in [0.25, 0.3) is 0 Å². The van der Waals surface area contributed by atoms with Crippen LogP contribution in [0, 0.1) is 12.7 Å². The number of hydrogen-bond donors (Lipinski definition) is 2. The van der Waals surface area contributed by atoms with Crippen molar-refractivity contribution in [1.29, 1.82) is 0 Å². The summed E-state index contributed by atoms with van der Waals surface area (Å²) in [6.07, 6.45) is 0.847. The summed E-state index contributed by atoms with van der Waals surface area (Å²) in [6.45, 7) is 4.30. The smallest absolute Gasteiger partial charge is 0.324 e. The van der Waals surface area contributed by atoms with Gasteiger partial charge in [-0.3, -0.25) is 4.79 Å². The van der Waals surface area contributed by atoms with Crippen LogP contribution in [0.1, 0.15) is 18.9 Å². The molecule has 1 atom stereocenters. The van der Waals surface area contributed by atoms with Crippen molar-refractivity contribution in [2.24, 2.45) is 0 Å². The second kappa shape index (κ2) is 6.96. The molecule has 1 rings (SSSR count). The minimum atomic E-state index is -0.955. The molecule has 0 radical (unpaired) electrons. The highest BCUT2D eigenvalue weighted by Crippen LogP contribution is 2.18. The van der Waals surface area contributed by atoms with Crippen LogP contribution in [0.15, 0.2) is 18.2 Å². The first-order valence-corrected chi connectivity index (χ1v) is 5.89. The fourth-order valence-electron chi connectivity index (χ4n) is 1.48. The highest BCUT2D eigenvalue weighted by Gasteiger charge is 2.17. The number of aryl methyl sites for hydroxylation is 1. The molecule has 0 spiro atoms. The van der Waals surface area contributed by atoms with E-state index < -0.39 is 12.0 Å². The maximum atomic E-state index is 12.9. The highest BCUT2D eigenvalue weighted by atomic mass is 19.1. The van der Waals surface area contributed by atoms with Gasteiger partial charge in [-0.2, -0.15) is 0 Å². The Morgan fingerprint density at radius 3 is 2.83 bits per heavy atom. The average molecular weight is 255 g/mol. The molecule has 1 aromatic carbocycles. The van der Waals surface area contributed by atoms with Gasteiger partial charge in [0.25, 0.3) is 0 Å². The fraction of sp³-hybridized carbons (Fsp3) is 0.462. The maximum Gasteiger partial charge on any atom is 0.324 e. The highest BCUT2D eigenvalue weighted by molar-refractivity contribution is 5.73. The second-order valence-electron chi connectivity index (χ2n) is 4.07. The molecule has 2 N–H and O–H groups in total. The largest absolute Gasteiger partial charge is 0.491 e. The lowest BCUT2D eigenvalue weighted by molar-refractivity contribution is -0.140. The number of aliphatic carboxylic acids is 1. The summed E-state index contributed by atoms with van der Waals surface area (Å²) >= 11 is 0. The van der Waals surface area contributed by atoms with Crippen LogP contribution in [-0.4, -0.2) is 30.3 Å². The van der Waals surface area contributed by atoms with E-state index in [1.807, 2.05) is 6.92 Å². The lowest BCUT2D eigenvalue weighted by Crippen LogP contribution is -2.41. The number of carboxylic acids is 1. The third-order valence-corrected chi connectivity index (χ3v) is 2.48. The van der Waals surface area contributed by atoms with Crippen molar-refractivity contribution < 1.29 is 19.0 Å². The molecule has 0 aliphatic rings. The number of carbonyl (C=O) groups is 1. The first kappa shape index (κ1) is 14.4. The third kappa shape index (κ3) is 4.33. The molecule has 0 saturated carbocycles. The summed E-state index contributed by atoms with van der Waals surface area (Å²) in [7, 11) is 0. The summed E-state index contributed by atoms with van der Waals surface area (Å²) in [4.78, 5) is 11.0. The van der Waals surface area contributed by atoms with Gasteiger partial charge in [0.15, 0.2) is 0 Å². The molecule has 5 heteroatoms. The van der Waals surface area contributed by atoms with Crippen molar-refractivity contribution in [3.8, 4) is 5.75 Å². The molecular weight excluding hydrogens is 237 g/mol. The molecule has 0 fully saturated rings. The summed E-state index contributed by atoms with van der Waals surface area (Å²) < 4.78 is 18.3. The summed E-state index contributed by atoms with van der Waals surface area (Å²) in [5.41, 5.74) is 0.648. The number of hydrogen-bond acceptors (Lipinski definition) is 3. The zero-order valence-electron chi connectivity index (χ0n) is 10.6. The number of carboxylic acid groups (broad SMARTS) is 1. The van der Waals surface area contributed by atoms with E-state index in [-0.39, 0.29) is 12.4 Å². The van der Waals surface area contributed by atoms with E-state index in [2.05, 4.69) is 5.32 Å². The molecule has 1 unspecified atom stereocenters. The Balaban J connectivity index is 2.58. The lowest BCUT2D eigenvalue weighted by Gasteiger charge is -2.16. The van der Waals surface area contributed by atoms with Crippen LogP contribution in [-0.2, 0) is 4.79 Å². The molecule has 0 amide bonds. The third-order valence-electron chi connectivity index (χ3n) is 2.48. The van der Waals surface area contributed by atoms with Gasteiger partial charge in [0.2, 0.25) is 0 Å². The number of halogens is 1. The standard InChI is InChI=1S/C13H18FNO3/c1-3-6-15-11(13(16)17)8-18-12-5-4-10(14)7-9(12)2/h4-5,7,11,15H,3,6,8H2,1-2H3,(H,16,17). The minimum absolute atomic E-state index is 0.0157. The number of benzene rings is 1. The van der Waals surface area contributed by atoms with E-state index in [0.717, 1.165) is 6.42 Å². The zero-order chi connectivity index (χ0) is 13.5. The van der Waals surface area contributed by atoms with Crippen LogP contribution in [0.5, 0.6) is 5.75 Å². The van der Waals surface area contributed by atoms with Gasteiger partial charge in [-0.25, -0.2) is 4.39 Å². The van der Waals surface area contributed by atoms with Gasteiger partial charge in [-0.1, -0.05) is 6.92 Å². The monoisotopic (exact) mass is 255 g/mol. The van der Waals surface area contributed by atoms with E-state index in [0.29, 0.717) is 17.9 Å². The van der Waals surface area contributed by atoms with Gasteiger partial charge < -0.3 is 15.2 Å². The molecule has 18 heavy (non-hydrogen) atoms. The van der Waals surface area contributed by atoms with E-state index in [1.54, 1.807) is 6.92 Å². The van der Waals surface area contributed by atoms with Crippen molar-refractivity contribution in [2.75, 3.05) is 13.2 Å². The van der Waals surface area contributed by atoms with Gasteiger partial charge in [-0.05, 0) is 43.7 Å². The van der Waals surface area contributed by atoms with Crippen LogP contribution in [0.2, 0.25) is 0 Å². The van der Waals surface area contributed by atoms with Gasteiger partial charge in [-0.15, -0.1) is 0 Å². The Labute approximate surface area is 106 Å². The molecule has 0 aliphatic heterocycles. The molecule has 100 valence electrons. The van der Waals surface area contributed by atoms with E-state index in [1.165, 1.54) is 18.2 Å². The first-order chi connectivity index (χ1) is 8.54. The molecule has 1 aromatic rings. The molecular formula is C13H18FNO3. The predicted molar refractivity (Wildman–Crippen MR) is 66.3 cm³/mol. The molecule has 0 heterocycles. The SMILES string of the molecule is CCCNC(COc1ccc(F)cc1C)C(=O)O. The topological polar surface area (TPSA) is 58.6 Å². The van der Waals surface area contributed by atoms with Gasteiger partial charge in [0.1, 0.15) is 24.2 Å². The molecule has 0 bridgehead atoms. The summed E-state index contributed by atoms with van der Waals surface area (Å²) in [5.74, 6) is -0.789. The Morgan fingerprint density at radius 2 is 2.28 bits per heavy atom. The van der Waals surface area contributed by atoms with Crippen LogP contribution in [0.4, 0.5) is 4.39 Å². The minimum Gasteiger partial charge on any atom is -0.491 e.